The molecule has 0 saturated carbocycles. The number of carbonyl (C=O) groups excluding carboxylic acids is 1. The first-order valence-corrected chi connectivity index (χ1v) is 5.90. The van der Waals surface area contributed by atoms with Gasteiger partial charge in [0, 0.05) is 12.1 Å². The Morgan fingerprint density at radius 2 is 2.16 bits per heavy atom. The third kappa shape index (κ3) is 5.42. The van der Waals surface area contributed by atoms with Gasteiger partial charge in [-0.25, -0.2) is 9.18 Å². The van der Waals surface area contributed by atoms with E-state index in [4.69, 9.17) is 4.74 Å². The van der Waals surface area contributed by atoms with Gasteiger partial charge in [0.15, 0.2) is 11.6 Å². The Balaban J connectivity index is 2.47. The van der Waals surface area contributed by atoms with E-state index in [-0.39, 0.29) is 6.54 Å². The zero-order valence-corrected chi connectivity index (χ0v) is 11.2. The smallest absolute Gasteiger partial charge is 0.407 e. The van der Waals surface area contributed by atoms with Crippen LogP contribution in [-0.4, -0.2) is 23.3 Å². The number of para-hydroxylation sites is 1. The highest BCUT2D eigenvalue weighted by Crippen LogP contribution is 2.21. The van der Waals surface area contributed by atoms with E-state index in [1.54, 1.807) is 32.9 Å². The van der Waals surface area contributed by atoms with E-state index in [1.165, 1.54) is 18.2 Å². The van der Waals surface area contributed by atoms with Gasteiger partial charge in [-0.3, -0.25) is 0 Å². The molecule has 1 aromatic carbocycles. The third-order valence-corrected chi connectivity index (χ3v) is 2.08. The zero-order chi connectivity index (χ0) is 14.5. The number of phenols is 1. The van der Waals surface area contributed by atoms with Gasteiger partial charge >= 0.3 is 6.09 Å². The average molecular weight is 267 g/mol. The van der Waals surface area contributed by atoms with Gasteiger partial charge in [-0.05, 0) is 26.8 Å². The molecule has 0 spiro atoms. The Labute approximate surface area is 111 Å². The number of ether oxygens (including phenoxy) is 1. The van der Waals surface area contributed by atoms with Crippen LogP contribution >= 0.6 is 0 Å². The quantitative estimate of drug-likeness (QED) is 0.884. The Morgan fingerprint density at radius 1 is 1.47 bits per heavy atom. The molecule has 2 N–H and O–H groups in total. The minimum atomic E-state index is -0.678. The highest BCUT2D eigenvalue weighted by atomic mass is 19.1. The van der Waals surface area contributed by atoms with Crippen LogP contribution in [0.1, 0.15) is 26.3 Å². The van der Waals surface area contributed by atoms with Gasteiger partial charge in [0.25, 0.3) is 0 Å². The predicted molar refractivity (Wildman–Crippen MR) is 71.3 cm³/mol. The average Bonchev–Trinajstić information content (AvgIpc) is 2.27. The molecule has 5 heteroatoms. The highest BCUT2D eigenvalue weighted by molar-refractivity contribution is 5.68. The maximum Gasteiger partial charge on any atom is 0.407 e. The van der Waals surface area contributed by atoms with E-state index in [0.717, 1.165) is 0 Å². The summed E-state index contributed by atoms with van der Waals surface area (Å²) in [5, 5.41) is 11.9. The van der Waals surface area contributed by atoms with Crippen LogP contribution in [0, 0.1) is 5.82 Å². The van der Waals surface area contributed by atoms with E-state index >= 15 is 0 Å². The van der Waals surface area contributed by atoms with E-state index in [0.29, 0.717) is 5.56 Å². The van der Waals surface area contributed by atoms with Crippen LogP contribution in [0.15, 0.2) is 24.3 Å². The van der Waals surface area contributed by atoms with Crippen molar-refractivity contribution in [3.05, 3.63) is 35.7 Å². The Hall–Kier alpha value is -2.04. The second-order valence-electron chi connectivity index (χ2n) is 4.96. The topological polar surface area (TPSA) is 58.6 Å². The lowest BCUT2D eigenvalue weighted by molar-refractivity contribution is 0.0534. The van der Waals surface area contributed by atoms with Crippen molar-refractivity contribution in [3.63, 3.8) is 0 Å². The molecular formula is C14H18FNO3. The number of alkyl carbamates (subject to hydrolysis) is 1. The highest BCUT2D eigenvalue weighted by Gasteiger charge is 2.14. The number of halogens is 1. The van der Waals surface area contributed by atoms with Crippen LogP contribution in [0.4, 0.5) is 9.18 Å². The van der Waals surface area contributed by atoms with E-state index < -0.39 is 23.3 Å². The Kier molecular flexibility index (Phi) is 4.92. The van der Waals surface area contributed by atoms with Crippen molar-refractivity contribution in [3.8, 4) is 5.75 Å². The summed E-state index contributed by atoms with van der Waals surface area (Å²) in [5.41, 5.74) is -0.194. The van der Waals surface area contributed by atoms with Crippen LogP contribution < -0.4 is 5.32 Å². The summed E-state index contributed by atoms with van der Waals surface area (Å²) in [6.07, 6.45) is 2.59. The van der Waals surface area contributed by atoms with Crippen molar-refractivity contribution in [2.75, 3.05) is 6.54 Å². The van der Waals surface area contributed by atoms with Crippen molar-refractivity contribution < 1.29 is 19.0 Å². The molecule has 1 amide bonds. The molecule has 0 aromatic heterocycles. The summed E-state index contributed by atoms with van der Waals surface area (Å²) < 4.78 is 18.1. The number of benzene rings is 1. The molecule has 0 heterocycles. The molecule has 104 valence electrons. The first-order chi connectivity index (χ1) is 8.79. The van der Waals surface area contributed by atoms with Crippen LogP contribution in [0.5, 0.6) is 5.75 Å². The minimum Gasteiger partial charge on any atom is -0.504 e. The molecule has 0 fully saturated rings. The van der Waals surface area contributed by atoms with Crippen LogP contribution in [-0.2, 0) is 4.74 Å². The normalized spacial score (nSPS) is 11.6. The molecule has 0 aliphatic carbocycles. The molecule has 0 aliphatic rings. The molecule has 1 aromatic rings. The van der Waals surface area contributed by atoms with Crippen molar-refractivity contribution in [1.29, 1.82) is 0 Å². The SMILES string of the molecule is CC(C)(C)OC(=O)NCC=Cc1cccc(F)c1O. The molecule has 4 nitrogen and oxygen atoms in total. The summed E-state index contributed by atoms with van der Waals surface area (Å²) in [4.78, 5) is 11.3. The molecule has 0 bridgehead atoms. The fourth-order valence-electron chi connectivity index (χ4n) is 1.31. The second-order valence-corrected chi connectivity index (χ2v) is 4.96. The molecule has 0 saturated heterocycles. The summed E-state index contributed by atoms with van der Waals surface area (Å²) in [5.74, 6) is -1.08. The Morgan fingerprint density at radius 3 is 2.79 bits per heavy atom. The standard InChI is InChI=1S/C14H18FNO3/c1-14(2,3)19-13(18)16-9-5-7-10-6-4-8-11(15)12(10)17/h4-8,17H,9H2,1-3H3,(H,16,18). The minimum absolute atomic E-state index is 0.227. The number of amides is 1. The number of carbonyl (C=O) groups is 1. The summed E-state index contributed by atoms with van der Waals surface area (Å²) in [6.45, 7) is 5.54. The van der Waals surface area contributed by atoms with Gasteiger partial charge in [0.1, 0.15) is 5.60 Å². The largest absolute Gasteiger partial charge is 0.504 e. The Bertz CT molecular complexity index is 478. The fraction of sp³-hybridized carbons (Fsp3) is 0.357. The molecule has 0 radical (unpaired) electrons. The van der Waals surface area contributed by atoms with E-state index in [2.05, 4.69) is 5.32 Å². The predicted octanol–water partition coefficient (Wildman–Crippen LogP) is 3.07. The number of rotatable bonds is 3. The number of aromatic hydroxyl groups is 1. The first-order valence-electron chi connectivity index (χ1n) is 5.90. The molecule has 0 atom stereocenters. The number of hydrogen-bond acceptors (Lipinski definition) is 3. The first kappa shape index (κ1) is 15.0. The van der Waals surface area contributed by atoms with E-state index in [9.17, 15) is 14.3 Å². The van der Waals surface area contributed by atoms with Gasteiger partial charge in [0.2, 0.25) is 0 Å². The van der Waals surface area contributed by atoms with Crippen molar-refractivity contribution in [2.24, 2.45) is 0 Å². The second kappa shape index (κ2) is 6.22. The van der Waals surface area contributed by atoms with E-state index in [1.807, 2.05) is 0 Å². The monoisotopic (exact) mass is 267 g/mol. The molecular weight excluding hydrogens is 249 g/mol. The van der Waals surface area contributed by atoms with Gasteiger partial charge < -0.3 is 15.2 Å². The third-order valence-electron chi connectivity index (χ3n) is 2.08. The number of nitrogens with one attached hydrogen (secondary N) is 1. The lowest BCUT2D eigenvalue weighted by Gasteiger charge is -2.19. The van der Waals surface area contributed by atoms with Gasteiger partial charge in [-0.1, -0.05) is 24.3 Å². The van der Waals surface area contributed by atoms with Gasteiger partial charge in [-0.15, -0.1) is 0 Å². The lowest BCUT2D eigenvalue weighted by Crippen LogP contribution is -2.32. The molecule has 19 heavy (non-hydrogen) atoms. The van der Waals surface area contributed by atoms with Gasteiger partial charge in [0.05, 0.1) is 0 Å². The van der Waals surface area contributed by atoms with Crippen molar-refractivity contribution in [1.82, 2.24) is 5.32 Å². The molecule has 0 aliphatic heterocycles. The zero-order valence-electron chi connectivity index (χ0n) is 11.2. The maximum atomic E-state index is 13.0. The fourth-order valence-corrected chi connectivity index (χ4v) is 1.31. The summed E-state index contributed by atoms with van der Waals surface area (Å²) in [7, 11) is 0. The maximum absolute atomic E-state index is 13.0. The number of hydrogen-bond donors (Lipinski definition) is 2. The molecule has 1 rings (SSSR count). The molecule has 0 unspecified atom stereocenters. The van der Waals surface area contributed by atoms with Gasteiger partial charge in [-0.2, -0.15) is 0 Å². The summed E-state index contributed by atoms with van der Waals surface area (Å²) in [6, 6.07) is 4.24. The van der Waals surface area contributed by atoms with Crippen molar-refractivity contribution >= 4 is 12.2 Å². The van der Waals surface area contributed by atoms with Crippen LogP contribution in [0.3, 0.4) is 0 Å². The van der Waals surface area contributed by atoms with Crippen LogP contribution in [0.25, 0.3) is 6.08 Å². The number of phenolic OH excluding ortho intramolecular Hbond substituents is 1. The van der Waals surface area contributed by atoms with Crippen molar-refractivity contribution in [2.45, 2.75) is 26.4 Å². The van der Waals surface area contributed by atoms with Crippen LogP contribution in [0.2, 0.25) is 0 Å². The lowest BCUT2D eigenvalue weighted by atomic mass is 10.2. The summed E-state index contributed by atoms with van der Waals surface area (Å²) >= 11 is 0.